The Hall–Kier alpha value is -4.07. The van der Waals surface area contributed by atoms with Crippen molar-refractivity contribution in [2.24, 2.45) is 7.05 Å². The number of aryl methyl sites for hydroxylation is 3. The van der Waals surface area contributed by atoms with E-state index in [1.807, 2.05) is 38.1 Å². The molecule has 8 nitrogen and oxygen atoms in total. The fraction of sp³-hybridized carbons (Fsp3) is 0.240. The third-order valence-electron chi connectivity index (χ3n) is 5.54. The highest BCUT2D eigenvalue weighted by Gasteiger charge is 2.26. The lowest BCUT2D eigenvalue weighted by molar-refractivity contribution is -0.136. The van der Waals surface area contributed by atoms with Crippen molar-refractivity contribution in [3.05, 3.63) is 75.7 Å². The molecular weight excluding hydrogens is 422 g/mol. The number of aromatic hydroxyl groups is 1. The minimum atomic E-state index is -1.06. The Morgan fingerprint density at radius 2 is 1.67 bits per heavy atom. The van der Waals surface area contributed by atoms with E-state index in [4.69, 9.17) is 5.11 Å². The highest BCUT2D eigenvalue weighted by Crippen LogP contribution is 2.35. The van der Waals surface area contributed by atoms with Gasteiger partial charge in [-0.15, -0.1) is 0 Å². The topological polar surface area (TPSA) is 112 Å². The zero-order chi connectivity index (χ0) is 24.3. The summed E-state index contributed by atoms with van der Waals surface area (Å²) in [6.07, 6.45) is -0.278. The zero-order valence-corrected chi connectivity index (χ0v) is 19.0. The molecule has 0 saturated heterocycles. The van der Waals surface area contributed by atoms with Crippen LogP contribution in [-0.2, 0) is 11.8 Å². The summed E-state index contributed by atoms with van der Waals surface area (Å²) in [7, 11) is 1.55. The van der Waals surface area contributed by atoms with E-state index in [0.29, 0.717) is 11.4 Å². The molecule has 0 fully saturated rings. The van der Waals surface area contributed by atoms with Crippen LogP contribution >= 0.6 is 0 Å². The zero-order valence-electron chi connectivity index (χ0n) is 19.0. The van der Waals surface area contributed by atoms with Crippen molar-refractivity contribution in [3.8, 4) is 16.9 Å². The van der Waals surface area contributed by atoms with Crippen molar-refractivity contribution in [2.75, 3.05) is 11.4 Å². The quantitative estimate of drug-likeness (QED) is 0.527. The van der Waals surface area contributed by atoms with E-state index in [1.54, 1.807) is 32.2 Å². The second kappa shape index (κ2) is 9.60. The lowest BCUT2D eigenvalue weighted by Gasteiger charge is -2.25. The summed E-state index contributed by atoms with van der Waals surface area (Å²) in [5, 5.41) is 22.1. The third kappa shape index (κ3) is 4.90. The molecule has 33 heavy (non-hydrogen) atoms. The van der Waals surface area contributed by atoms with Crippen molar-refractivity contribution in [3.63, 3.8) is 0 Å². The van der Waals surface area contributed by atoms with Crippen LogP contribution < -0.4 is 15.8 Å². The molecule has 0 aliphatic rings. The number of rotatable bonds is 6. The van der Waals surface area contributed by atoms with Crippen LogP contribution in [0.5, 0.6) is 5.75 Å². The van der Waals surface area contributed by atoms with Crippen molar-refractivity contribution in [2.45, 2.75) is 27.2 Å². The van der Waals surface area contributed by atoms with Crippen molar-refractivity contribution in [1.29, 1.82) is 0 Å². The van der Waals surface area contributed by atoms with Gasteiger partial charge in [0.1, 0.15) is 5.75 Å². The number of aromatic nitrogens is 1. The molecule has 0 saturated carbocycles. The van der Waals surface area contributed by atoms with Crippen molar-refractivity contribution >= 4 is 23.4 Å². The maximum Gasteiger partial charge on any atom is 0.326 e. The van der Waals surface area contributed by atoms with Gasteiger partial charge in [-0.2, -0.15) is 0 Å². The summed E-state index contributed by atoms with van der Waals surface area (Å²) < 4.78 is 1.34. The van der Waals surface area contributed by atoms with E-state index in [-0.39, 0.29) is 24.4 Å². The van der Waals surface area contributed by atoms with Crippen molar-refractivity contribution < 1.29 is 19.8 Å². The van der Waals surface area contributed by atoms with Crippen LogP contribution in [0.15, 0.2) is 53.3 Å². The molecule has 0 unspecified atom stereocenters. The molecule has 0 aliphatic heterocycles. The predicted octanol–water partition coefficient (Wildman–Crippen LogP) is 4.01. The summed E-state index contributed by atoms with van der Waals surface area (Å²) in [6, 6.07) is 13.7. The number of anilines is 2. The molecule has 0 atom stereocenters. The van der Waals surface area contributed by atoms with Crippen LogP contribution in [0.4, 0.5) is 16.2 Å². The Kier molecular flexibility index (Phi) is 6.86. The van der Waals surface area contributed by atoms with Gasteiger partial charge < -0.3 is 20.1 Å². The predicted molar refractivity (Wildman–Crippen MR) is 127 cm³/mol. The number of carboxylic acid groups (broad SMARTS) is 1. The number of nitrogens with one attached hydrogen (secondary N) is 1. The van der Waals surface area contributed by atoms with E-state index >= 15 is 0 Å². The van der Waals surface area contributed by atoms with Gasteiger partial charge in [0.15, 0.2) is 5.69 Å². The van der Waals surface area contributed by atoms with Gasteiger partial charge in [0.2, 0.25) is 0 Å². The number of nitrogens with zero attached hydrogens (tertiary/aromatic N) is 2. The second-order valence-electron chi connectivity index (χ2n) is 7.91. The molecule has 0 bridgehead atoms. The number of aliphatic carboxylic acids is 1. The number of urea groups is 1. The summed E-state index contributed by atoms with van der Waals surface area (Å²) in [5.74, 6) is -1.41. The number of benzene rings is 2. The minimum Gasteiger partial charge on any atom is -0.505 e. The number of carbonyl (C=O) groups is 2. The van der Waals surface area contributed by atoms with E-state index in [2.05, 4.69) is 5.32 Å². The first kappa shape index (κ1) is 23.6. The van der Waals surface area contributed by atoms with E-state index in [0.717, 1.165) is 27.2 Å². The van der Waals surface area contributed by atoms with Gasteiger partial charge in [0.25, 0.3) is 5.56 Å². The first-order chi connectivity index (χ1) is 15.6. The smallest absolute Gasteiger partial charge is 0.326 e. The Morgan fingerprint density at radius 3 is 2.30 bits per heavy atom. The van der Waals surface area contributed by atoms with Gasteiger partial charge in [0.05, 0.1) is 12.1 Å². The molecule has 2 amide bonds. The van der Waals surface area contributed by atoms with Crippen LogP contribution in [0.25, 0.3) is 11.1 Å². The van der Waals surface area contributed by atoms with Crippen LogP contribution in [0, 0.1) is 20.8 Å². The lowest BCUT2D eigenvalue weighted by Crippen LogP contribution is -2.41. The Balaban J connectivity index is 2.18. The van der Waals surface area contributed by atoms with Crippen molar-refractivity contribution in [1.82, 2.24) is 9.88 Å². The molecule has 1 aromatic heterocycles. The summed E-state index contributed by atoms with van der Waals surface area (Å²) in [4.78, 5) is 38.2. The molecule has 1 heterocycles. The molecule has 3 N–H and O–H groups in total. The molecular formula is C25H27N3O5. The highest BCUT2D eigenvalue weighted by atomic mass is 16.4. The fourth-order valence-corrected chi connectivity index (χ4v) is 3.78. The first-order valence-electron chi connectivity index (χ1n) is 10.5. The summed E-state index contributed by atoms with van der Waals surface area (Å²) >= 11 is 0. The van der Waals surface area contributed by atoms with Crippen LogP contribution in [0.1, 0.15) is 23.2 Å². The Labute approximate surface area is 191 Å². The molecule has 3 aromatic rings. The van der Waals surface area contributed by atoms with Crippen LogP contribution in [0.3, 0.4) is 0 Å². The van der Waals surface area contributed by atoms with Crippen LogP contribution in [0.2, 0.25) is 0 Å². The van der Waals surface area contributed by atoms with Gasteiger partial charge in [-0.3, -0.25) is 14.5 Å². The Morgan fingerprint density at radius 1 is 1.03 bits per heavy atom. The third-order valence-corrected chi connectivity index (χ3v) is 5.54. The highest BCUT2D eigenvalue weighted by molar-refractivity contribution is 6.01. The Bertz CT molecular complexity index is 1260. The molecule has 172 valence electrons. The number of amides is 2. The molecule has 2 aromatic carbocycles. The minimum absolute atomic E-state index is 0.131. The second-order valence-corrected chi connectivity index (χ2v) is 7.91. The van der Waals surface area contributed by atoms with E-state index < -0.39 is 17.6 Å². The van der Waals surface area contributed by atoms with Gasteiger partial charge in [-0.05, 0) is 55.2 Å². The summed E-state index contributed by atoms with van der Waals surface area (Å²) in [6.45, 7) is 5.53. The molecule has 0 radical (unpaired) electrons. The lowest BCUT2D eigenvalue weighted by atomic mass is 9.95. The number of hydrogen-bond acceptors (Lipinski definition) is 4. The van der Waals surface area contributed by atoms with Gasteiger partial charge in [-0.1, -0.05) is 30.3 Å². The van der Waals surface area contributed by atoms with E-state index in [1.165, 1.54) is 10.6 Å². The van der Waals surface area contributed by atoms with E-state index in [9.17, 15) is 19.5 Å². The molecule has 8 heteroatoms. The maximum atomic E-state index is 13.2. The fourth-order valence-electron chi connectivity index (χ4n) is 3.78. The number of pyridine rings is 1. The van der Waals surface area contributed by atoms with Gasteiger partial charge in [-0.25, -0.2) is 4.79 Å². The average molecular weight is 450 g/mol. The average Bonchev–Trinajstić information content (AvgIpc) is 2.75. The monoisotopic (exact) mass is 449 g/mol. The normalized spacial score (nSPS) is 10.7. The number of carbonyl (C=O) groups excluding carboxylic acids is 1. The SMILES string of the molecule is Cc1cccc(C)c1-c1cccc(N(C(=O)NCCC(=O)O)c2c(O)cc(C)n(C)c2=O)c1. The molecule has 0 aliphatic carbocycles. The standard InChI is InChI=1S/C25H27N3O5/c1-15-7-5-8-16(2)22(15)18-9-6-10-19(14-18)28(25(33)26-12-11-21(30)31)23-20(29)13-17(3)27(4)24(23)32/h5-10,13-14,29H,11-12H2,1-4H3,(H,26,33)(H,30,31). The number of hydrogen-bond donors (Lipinski definition) is 3. The number of carboxylic acids is 1. The van der Waals surface area contributed by atoms with Gasteiger partial charge >= 0.3 is 12.0 Å². The largest absolute Gasteiger partial charge is 0.505 e. The summed E-state index contributed by atoms with van der Waals surface area (Å²) in [5.41, 5.74) is 4.07. The first-order valence-corrected chi connectivity index (χ1v) is 10.5. The van der Waals surface area contributed by atoms with Gasteiger partial charge in [0, 0.05) is 25.4 Å². The van der Waals surface area contributed by atoms with Crippen LogP contribution in [-0.4, -0.2) is 33.3 Å². The molecule has 0 spiro atoms. The molecule has 3 rings (SSSR count). The maximum absolute atomic E-state index is 13.2.